The predicted molar refractivity (Wildman–Crippen MR) is 113 cm³/mol. The van der Waals surface area contributed by atoms with Gasteiger partial charge in [-0.15, -0.1) is 0 Å². The zero-order valence-corrected chi connectivity index (χ0v) is 15.8. The molecule has 0 aliphatic carbocycles. The van der Waals surface area contributed by atoms with Crippen LogP contribution in [-0.4, -0.2) is 22.5 Å². The maximum Gasteiger partial charge on any atom is 0.248 e. The van der Waals surface area contributed by atoms with E-state index in [1.165, 1.54) is 6.08 Å². The van der Waals surface area contributed by atoms with Crippen molar-refractivity contribution in [3.63, 3.8) is 0 Å². The van der Waals surface area contributed by atoms with E-state index in [-0.39, 0.29) is 5.91 Å². The minimum atomic E-state index is -0.230. The van der Waals surface area contributed by atoms with E-state index in [1.54, 1.807) is 30.6 Å². The van der Waals surface area contributed by atoms with Gasteiger partial charge in [0, 0.05) is 35.8 Å². The lowest BCUT2D eigenvalue weighted by molar-refractivity contribution is -0.111. The summed E-state index contributed by atoms with van der Waals surface area (Å²) in [6.07, 6.45) is 6.61. The maximum atomic E-state index is 12.2. The first kappa shape index (κ1) is 18.4. The zero-order valence-electron chi connectivity index (χ0n) is 15.8. The molecule has 0 aliphatic heterocycles. The Kier molecular flexibility index (Phi) is 5.33. The highest BCUT2D eigenvalue weighted by molar-refractivity contribution is 6.02. The van der Waals surface area contributed by atoms with Gasteiger partial charge < -0.3 is 14.5 Å². The number of oxazole rings is 1. The first-order valence-electron chi connectivity index (χ1n) is 9.24. The average molecular weight is 385 g/mol. The number of carbonyl (C=O) groups excluding carboxylic acids is 1. The standard InChI is InChI=1S/C23H19N3O3/c1-2-28-19-7-3-16(4-8-19)5-10-22(27)25-18-6-9-20-21(15-18)29-23(26-20)17-11-13-24-14-12-17/h3-15H,2H2,1H3,(H,25,27)/b10-5+. The Hall–Kier alpha value is -3.93. The van der Waals surface area contributed by atoms with Crippen LogP contribution in [0.3, 0.4) is 0 Å². The van der Waals surface area contributed by atoms with Gasteiger partial charge in [0.1, 0.15) is 11.3 Å². The molecule has 0 fully saturated rings. The van der Waals surface area contributed by atoms with Gasteiger partial charge in [0.2, 0.25) is 11.8 Å². The average Bonchev–Trinajstić information content (AvgIpc) is 3.18. The van der Waals surface area contributed by atoms with Crippen LogP contribution in [0.15, 0.2) is 77.5 Å². The summed E-state index contributed by atoms with van der Waals surface area (Å²) in [5, 5.41) is 2.84. The minimum absolute atomic E-state index is 0.230. The topological polar surface area (TPSA) is 77.2 Å². The van der Waals surface area contributed by atoms with Crippen molar-refractivity contribution in [1.82, 2.24) is 9.97 Å². The van der Waals surface area contributed by atoms with Gasteiger partial charge in [-0.3, -0.25) is 9.78 Å². The molecule has 4 aromatic rings. The molecule has 6 nitrogen and oxygen atoms in total. The molecule has 144 valence electrons. The highest BCUT2D eigenvalue weighted by atomic mass is 16.5. The second kappa shape index (κ2) is 8.39. The summed E-state index contributed by atoms with van der Waals surface area (Å²) in [4.78, 5) is 20.7. The smallest absolute Gasteiger partial charge is 0.248 e. The third-order valence-electron chi connectivity index (χ3n) is 4.20. The fourth-order valence-electron chi connectivity index (χ4n) is 2.82. The van der Waals surface area contributed by atoms with Crippen molar-refractivity contribution < 1.29 is 13.9 Å². The Morgan fingerprint density at radius 3 is 2.66 bits per heavy atom. The van der Waals surface area contributed by atoms with Crippen molar-refractivity contribution in [2.24, 2.45) is 0 Å². The zero-order chi connectivity index (χ0) is 20.1. The van der Waals surface area contributed by atoms with Gasteiger partial charge in [-0.05, 0) is 55.0 Å². The van der Waals surface area contributed by atoms with Gasteiger partial charge in [-0.2, -0.15) is 0 Å². The van der Waals surface area contributed by atoms with Crippen molar-refractivity contribution in [1.29, 1.82) is 0 Å². The van der Waals surface area contributed by atoms with Gasteiger partial charge in [0.05, 0.1) is 6.61 Å². The van der Waals surface area contributed by atoms with Crippen LogP contribution in [0.25, 0.3) is 28.6 Å². The number of amides is 1. The Balaban J connectivity index is 1.45. The van der Waals surface area contributed by atoms with Crippen molar-refractivity contribution in [3.8, 4) is 17.2 Å². The van der Waals surface area contributed by atoms with Crippen molar-refractivity contribution in [3.05, 3.63) is 78.6 Å². The Bertz CT molecular complexity index is 1150. The molecule has 1 N–H and O–H groups in total. The summed E-state index contributed by atoms with van der Waals surface area (Å²) in [5.41, 5.74) is 3.72. The van der Waals surface area contributed by atoms with Crippen molar-refractivity contribution >= 4 is 28.8 Å². The number of benzene rings is 2. The van der Waals surface area contributed by atoms with Crippen LogP contribution in [0, 0.1) is 0 Å². The molecule has 0 radical (unpaired) electrons. The fraction of sp³-hybridized carbons (Fsp3) is 0.0870. The normalized spacial score (nSPS) is 11.1. The molecular weight excluding hydrogens is 366 g/mol. The molecule has 0 saturated carbocycles. The van der Waals surface area contributed by atoms with Gasteiger partial charge in [0.25, 0.3) is 0 Å². The Morgan fingerprint density at radius 1 is 1.10 bits per heavy atom. The second-order valence-electron chi connectivity index (χ2n) is 6.26. The molecule has 0 saturated heterocycles. The number of fused-ring (bicyclic) bond motifs is 1. The van der Waals surface area contributed by atoms with Crippen LogP contribution in [-0.2, 0) is 4.79 Å². The van der Waals surface area contributed by atoms with E-state index in [4.69, 9.17) is 9.15 Å². The summed E-state index contributed by atoms with van der Waals surface area (Å²) < 4.78 is 11.2. The Morgan fingerprint density at radius 2 is 1.90 bits per heavy atom. The molecule has 2 aromatic heterocycles. The molecule has 29 heavy (non-hydrogen) atoms. The van der Waals surface area contributed by atoms with E-state index in [2.05, 4.69) is 15.3 Å². The number of hydrogen-bond donors (Lipinski definition) is 1. The molecule has 4 rings (SSSR count). The van der Waals surface area contributed by atoms with Gasteiger partial charge in [-0.1, -0.05) is 12.1 Å². The van der Waals surface area contributed by atoms with Crippen LogP contribution in [0.1, 0.15) is 12.5 Å². The molecule has 0 unspecified atom stereocenters. The van der Waals surface area contributed by atoms with E-state index in [1.807, 2.05) is 49.4 Å². The first-order chi connectivity index (χ1) is 14.2. The molecule has 0 bridgehead atoms. The van der Waals surface area contributed by atoms with E-state index in [0.717, 1.165) is 22.4 Å². The molecule has 1 amide bonds. The fourth-order valence-corrected chi connectivity index (χ4v) is 2.82. The number of hydrogen-bond acceptors (Lipinski definition) is 5. The summed E-state index contributed by atoms with van der Waals surface area (Å²) in [5.74, 6) is 1.09. The quantitative estimate of drug-likeness (QED) is 0.476. The number of aromatic nitrogens is 2. The van der Waals surface area contributed by atoms with Crippen LogP contribution in [0.2, 0.25) is 0 Å². The first-order valence-corrected chi connectivity index (χ1v) is 9.24. The lowest BCUT2D eigenvalue weighted by Crippen LogP contribution is -2.07. The third-order valence-corrected chi connectivity index (χ3v) is 4.20. The molecule has 2 aromatic carbocycles. The molecule has 2 heterocycles. The molecular formula is C23H19N3O3. The minimum Gasteiger partial charge on any atom is -0.494 e. The van der Waals surface area contributed by atoms with Gasteiger partial charge in [-0.25, -0.2) is 4.98 Å². The largest absolute Gasteiger partial charge is 0.494 e. The maximum absolute atomic E-state index is 12.2. The predicted octanol–water partition coefficient (Wildman–Crippen LogP) is 4.94. The Labute approximate surface area is 167 Å². The van der Waals surface area contributed by atoms with Crippen LogP contribution >= 0.6 is 0 Å². The number of nitrogens with one attached hydrogen (secondary N) is 1. The number of ether oxygens (including phenoxy) is 1. The van der Waals surface area contributed by atoms with Crippen LogP contribution in [0.5, 0.6) is 5.75 Å². The van der Waals surface area contributed by atoms with E-state index in [9.17, 15) is 4.79 Å². The molecule has 0 atom stereocenters. The summed E-state index contributed by atoms with van der Waals surface area (Å²) in [6.45, 7) is 2.56. The van der Waals surface area contributed by atoms with E-state index < -0.39 is 0 Å². The number of pyridine rings is 1. The lowest BCUT2D eigenvalue weighted by Gasteiger charge is -2.03. The van der Waals surface area contributed by atoms with Crippen molar-refractivity contribution in [2.45, 2.75) is 6.92 Å². The molecule has 6 heteroatoms. The second-order valence-corrected chi connectivity index (χ2v) is 6.26. The highest BCUT2D eigenvalue weighted by Crippen LogP contribution is 2.26. The number of rotatable bonds is 6. The van der Waals surface area contributed by atoms with E-state index in [0.29, 0.717) is 23.8 Å². The van der Waals surface area contributed by atoms with Gasteiger partial charge in [0.15, 0.2) is 5.58 Å². The number of nitrogens with zero attached hydrogens (tertiary/aromatic N) is 2. The monoisotopic (exact) mass is 385 g/mol. The van der Waals surface area contributed by atoms with Crippen LogP contribution < -0.4 is 10.1 Å². The summed E-state index contributed by atoms with van der Waals surface area (Å²) in [7, 11) is 0. The third kappa shape index (κ3) is 4.50. The number of carbonyl (C=O) groups is 1. The summed E-state index contributed by atoms with van der Waals surface area (Å²) >= 11 is 0. The number of anilines is 1. The van der Waals surface area contributed by atoms with E-state index >= 15 is 0 Å². The highest BCUT2D eigenvalue weighted by Gasteiger charge is 2.09. The molecule has 0 aliphatic rings. The van der Waals surface area contributed by atoms with Crippen LogP contribution in [0.4, 0.5) is 5.69 Å². The van der Waals surface area contributed by atoms with Gasteiger partial charge >= 0.3 is 0 Å². The summed E-state index contributed by atoms with van der Waals surface area (Å²) in [6, 6.07) is 16.6. The molecule has 0 spiro atoms. The lowest BCUT2D eigenvalue weighted by atomic mass is 10.2. The van der Waals surface area contributed by atoms with Crippen molar-refractivity contribution in [2.75, 3.05) is 11.9 Å². The SMILES string of the molecule is CCOc1ccc(/C=C/C(=O)Nc2ccc3nc(-c4ccncc4)oc3c2)cc1.